The molecule has 0 spiro atoms. The van der Waals surface area contributed by atoms with Crippen LogP contribution in [0, 0.1) is 6.10 Å². The molecule has 5 nitrogen and oxygen atoms in total. The van der Waals surface area contributed by atoms with Gasteiger partial charge in [-0.2, -0.15) is 17.9 Å². The van der Waals surface area contributed by atoms with Crippen LogP contribution in [0.4, 0.5) is 13.2 Å². The minimum Gasteiger partial charge on any atom is -0.741 e. The van der Waals surface area contributed by atoms with Crippen LogP contribution in [-0.4, -0.2) is 38.8 Å². The van der Waals surface area contributed by atoms with Crippen molar-refractivity contribution in [2.24, 2.45) is 0 Å². The van der Waals surface area contributed by atoms with Crippen LogP contribution in [0.1, 0.15) is 12.8 Å². The van der Waals surface area contributed by atoms with E-state index in [0.29, 0.717) is 0 Å². The van der Waals surface area contributed by atoms with Crippen LogP contribution < -0.4 is 0 Å². The third-order valence-corrected chi connectivity index (χ3v) is 5.48. The van der Waals surface area contributed by atoms with E-state index < -0.39 is 23.9 Å². The maximum Gasteiger partial charge on any atom is 0.485 e. The number of benzene rings is 1. The van der Waals surface area contributed by atoms with Gasteiger partial charge in [0, 0.05) is 11.3 Å². The summed E-state index contributed by atoms with van der Waals surface area (Å²) in [5.41, 5.74) is -5.65. The average Bonchev–Trinajstić information content (AvgIpc) is 2.90. The van der Waals surface area contributed by atoms with Crippen LogP contribution in [0.3, 0.4) is 0 Å². The van der Waals surface area contributed by atoms with Gasteiger partial charge in [-0.1, -0.05) is 30.0 Å². The molecule has 1 saturated heterocycles. The lowest BCUT2D eigenvalue weighted by atomic mass is 10.3. The van der Waals surface area contributed by atoms with Crippen LogP contribution in [0.25, 0.3) is 0 Å². The molecule has 1 aliphatic rings. The molecule has 0 amide bonds. The minimum atomic E-state index is -6.09. The third kappa shape index (κ3) is 9.28. The van der Waals surface area contributed by atoms with Gasteiger partial charge in [-0.3, -0.25) is 0 Å². The molecule has 2 rings (SSSR count). The Morgan fingerprint density at radius 3 is 2.31 bits per heavy atom. The van der Waals surface area contributed by atoms with E-state index in [1.807, 2.05) is 17.8 Å². The monoisotopic (exact) mass is 430 g/mol. The highest BCUT2D eigenvalue weighted by molar-refractivity contribution is 7.99. The zero-order valence-corrected chi connectivity index (χ0v) is 17.2. The van der Waals surface area contributed by atoms with Crippen molar-refractivity contribution < 1.29 is 35.3 Å². The fourth-order valence-corrected chi connectivity index (χ4v) is 3.69. The average molecular weight is 431 g/mol. The number of thioether (sulfide) groups is 1. The smallest absolute Gasteiger partial charge is 0.485 e. The summed E-state index contributed by atoms with van der Waals surface area (Å²) in [7, 11) is -7.57. The van der Waals surface area contributed by atoms with E-state index in [0.717, 1.165) is 18.6 Å². The van der Waals surface area contributed by atoms with E-state index in [9.17, 15) is 13.2 Å². The molecule has 0 bridgehead atoms. The molecule has 1 unspecified atom stereocenters. The van der Waals surface area contributed by atoms with Gasteiger partial charge in [-0.05, 0) is 31.8 Å². The second kappa shape index (κ2) is 9.47. The summed E-state index contributed by atoms with van der Waals surface area (Å²) in [6.45, 7) is 6.60. The predicted octanol–water partition coefficient (Wildman–Crippen LogP) is 4.35. The fraction of sp³-hybridized carbons (Fsp3) is 0.533. The Morgan fingerprint density at radius 1 is 1.31 bits per heavy atom. The first kappa shape index (κ1) is 23.3. The van der Waals surface area contributed by atoms with E-state index in [1.54, 1.807) is 0 Å². The van der Waals surface area contributed by atoms with Crippen molar-refractivity contribution in [1.82, 2.24) is 0 Å². The molecule has 0 saturated carbocycles. The number of halogens is 3. The van der Waals surface area contributed by atoms with E-state index in [2.05, 4.69) is 43.9 Å². The van der Waals surface area contributed by atoms with Gasteiger partial charge in [0.25, 0.3) is 6.10 Å². The molecule has 1 atom stereocenters. The highest BCUT2D eigenvalue weighted by Gasteiger charge is 2.39. The van der Waals surface area contributed by atoms with E-state index in [-0.39, 0.29) is 6.29 Å². The summed E-state index contributed by atoms with van der Waals surface area (Å²) in [6, 6.07) is 10.5. The molecule has 1 aromatic carbocycles. The van der Waals surface area contributed by atoms with Crippen molar-refractivity contribution in [2.45, 2.75) is 49.2 Å². The minimum absolute atomic E-state index is 0.00281. The van der Waals surface area contributed by atoms with Gasteiger partial charge in [0.05, 0.1) is 0 Å². The van der Waals surface area contributed by atoms with Crippen molar-refractivity contribution >= 4 is 30.2 Å². The summed E-state index contributed by atoms with van der Waals surface area (Å²) >= 11 is 1.83. The number of rotatable bonds is 5. The number of alkyl halides is 3. The molecule has 11 heteroatoms. The van der Waals surface area contributed by atoms with Crippen molar-refractivity contribution in [3.05, 3.63) is 36.4 Å². The van der Waals surface area contributed by atoms with Gasteiger partial charge in [0.2, 0.25) is 6.29 Å². The lowest BCUT2D eigenvalue weighted by Gasteiger charge is -2.19. The van der Waals surface area contributed by atoms with Crippen molar-refractivity contribution in [1.29, 1.82) is 0 Å². The Balaban J connectivity index is 0.000000359. The number of hydrogen-bond donors (Lipinski definition) is 0. The number of hydrogen-bond acceptors (Lipinski definition) is 6. The van der Waals surface area contributed by atoms with Gasteiger partial charge in [0.15, 0.2) is 24.2 Å². The second-order valence-corrected chi connectivity index (χ2v) is 13.2. The Hall–Kier alpha value is -0.723. The normalized spacial score (nSPS) is 18.4. The van der Waals surface area contributed by atoms with Crippen molar-refractivity contribution in [3.8, 4) is 0 Å². The van der Waals surface area contributed by atoms with Gasteiger partial charge in [0.1, 0.15) is 6.42 Å². The largest absolute Gasteiger partial charge is 0.741 e. The molecule has 26 heavy (non-hydrogen) atoms. The molecule has 1 aliphatic heterocycles. The van der Waals surface area contributed by atoms with E-state index >= 15 is 0 Å². The standard InChI is InChI=1S/C14H21O2SSi.CHF3O3S/c1-18(2,3)16-14-10-9-12(15-14)11-17-13-7-5-4-6-8-13;2-1(3,4)8(5,6)7/h4-8,14H,9-11H2,1-3H3;(H,5,6,7)/q+1;/p-1. The summed E-state index contributed by atoms with van der Waals surface area (Å²) in [6.07, 6.45) is 3.22. The molecule has 1 fully saturated rings. The molecule has 0 N–H and O–H groups in total. The Labute approximate surface area is 157 Å². The van der Waals surface area contributed by atoms with E-state index in [4.69, 9.17) is 22.1 Å². The van der Waals surface area contributed by atoms with Gasteiger partial charge in [-0.15, -0.1) is 0 Å². The van der Waals surface area contributed by atoms with Crippen LogP contribution in [-0.2, 0) is 19.3 Å². The molecule has 1 aromatic rings. The second-order valence-electron chi connectivity index (χ2n) is 6.36. The fourth-order valence-electron chi connectivity index (χ4n) is 1.85. The predicted molar refractivity (Wildman–Crippen MR) is 94.7 cm³/mol. The first-order valence-electron chi connectivity index (χ1n) is 7.67. The summed E-state index contributed by atoms with van der Waals surface area (Å²) in [5.74, 6) is 0.940. The first-order chi connectivity index (χ1) is 11.8. The first-order valence-corrected chi connectivity index (χ1v) is 13.5. The topological polar surface area (TPSA) is 75.7 Å². The van der Waals surface area contributed by atoms with Gasteiger partial charge >= 0.3 is 5.51 Å². The van der Waals surface area contributed by atoms with Crippen LogP contribution >= 0.6 is 11.8 Å². The highest BCUT2D eigenvalue weighted by Crippen LogP contribution is 2.33. The maximum atomic E-state index is 10.7. The molecule has 0 aliphatic carbocycles. The third-order valence-electron chi connectivity index (χ3n) is 2.87. The van der Waals surface area contributed by atoms with Crippen molar-refractivity contribution in [2.75, 3.05) is 5.75 Å². The maximum absolute atomic E-state index is 10.7. The molecular weight excluding hydrogens is 409 g/mol. The van der Waals surface area contributed by atoms with Crippen molar-refractivity contribution in [3.63, 3.8) is 0 Å². The Bertz CT molecular complexity index is 647. The van der Waals surface area contributed by atoms with Gasteiger partial charge < -0.3 is 8.98 Å². The van der Waals surface area contributed by atoms with E-state index in [1.165, 1.54) is 11.0 Å². The molecule has 1 heterocycles. The quantitative estimate of drug-likeness (QED) is 0.227. The number of ether oxygens (including phenoxy) is 1. The van der Waals surface area contributed by atoms with Crippen LogP contribution in [0.5, 0.6) is 0 Å². The summed E-state index contributed by atoms with van der Waals surface area (Å²) in [5, 5.41) is 0. The molecule has 0 radical (unpaired) electrons. The molecule has 0 aromatic heterocycles. The zero-order chi connectivity index (χ0) is 20.0. The Morgan fingerprint density at radius 2 is 1.85 bits per heavy atom. The summed E-state index contributed by atoms with van der Waals surface area (Å²) < 4.78 is 70.7. The molecule has 148 valence electrons. The summed E-state index contributed by atoms with van der Waals surface area (Å²) in [4.78, 5) is 1.29. The lowest BCUT2D eigenvalue weighted by molar-refractivity contribution is -0.0518. The van der Waals surface area contributed by atoms with Crippen LogP contribution in [0.15, 0.2) is 35.2 Å². The lowest BCUT2D eigenvalue weighted by Crippen LogP contribution is -2.31. The Kier molecular flexibility index (Phi) is 8.49. The van der Waals surface area contributed by atoms with Crippen LogP contribution in [0.2, 0.25) is 19.6 Å². The highest BCUT2D eigenvalue weighted by atomic mass is 32.2. The zero-order valence-electron chi connectivity index (χ0n) is 14.6. The van der Waals surface area contributed by atoms with Gasteiger partial charge in [-0.25, -0.2) is 8.42 Å². The molecular formula is C15H21F3O5S2Si. The SMILES string of the molecule is C[Si](C)(C)OC1CC[C+](CSc2ccccc2)O1.O=S(=O)([O-])C(F)(F)F.